The van der Waals surface area contributed by atoms with Crippen molar-refractivity contribution in [1.29, 1.82) is 0 Å². The average molecular weight is 284 g/mol. The third-order valence-corrected chi connectivity index (χ3v) is 3.91. The summed E-state index contributed by atoms with van der Waals surface area (Å²) in [6.07, 6.45) is 2.19. The zero-order valence-electron chi connectivity index (χ0n) is 10.7. The van der Waals surface area contributed by atoms with Crippen LogP contribution in [0.1, 0.15) is 34.8 Å². The van der Waals surface area contributed by atoms with Gasteiger partial charge in [0.1, 0.15) is 16.7 Å². The van der Waals surface area contributed by atoms with E-state index in [0.29, 0.717) is 25.3 Å². The van der Waals surface area contributed by atoms with Crippen LogP contribution in [-0.4, -0.2) is 46.6 Å². The number of aromatic nitrogens is 1. The summed E-state index contributed by atoms with van der Waals surface area (Å²) >= 11 is 1.35. The van der Waals surface area contributed by atoms with Crippen LogP contribution >= 0.6 is 11.3 Å². The molecule has 0 aromatic carbocycles. The molecular formula is C12H16N2O4S. The maximum atomic E-state index is 12.3. The monoisotopic (exact) mass is 284 g/mol. The molecule has 0 aliphatic carbocycles. The number of hydrogen-bond acceptors (Lipinski definition) is 5. The maximum Gasteiger partial charge on any atom is 0.326 e. The van der Waals surface area contributed by atoms with Crippen molar-refractivity contribution in [3.63, 3.8) is 0 Å². The first-order valence-electron chi connectivity index (χ1n) is 6.10. The normalized spacial score (nSPS) is 19.4. The first-order chi connectivity index (χ1) is 9.13. The minimum Gasteiger partial charge on any atom is -0.480 e. The zero-order chi connectivity index (χ0) is 13.8. The second-order valence-electron chi connectivity index (χ2n) is 4.41. The number of likely N-dealkylation sites (tertiary alicyclic amines) is 1. The Bertz CT molecular complexity index is 474. The second kappa shape index (κ2) is 6.12. The van der Waals surface area contributed by atoms with Crippen molar-refractivity contribution in [2.24, 2.45) is 0 Å². The Kier molecular flexibility index (Phi) is 4.49. The van der Waals surface area contributed by atoms with Crippen LogP contribution in [0.3, 0.4) is 0 Å². The Morgan fingerprint density at radius 2 is 2.37 bits per heavy atom. The van der Waals surface area contributed by atoms with Crippen LogP contribution in [0.15, 0.2) is 5.38 Å². The summed E-state index contributed by atoms with van der Waals surface area (Å²) < 4.78 is 4.95. The molecule has 6 nitrogen and oxygen atoms in total. The number of carbonyl (C=O) groups is 2. The summed E-state index contributed by atoms with van der Waals surface area (Å²) in [6, 6.07) is -0.728. The van der Waals surface area contributed by atoms with Crippen LogP contribution in [-0.2, 0) is 16.1 Å². The van der Waals surface area contributed by atoms with Gasteiger partial charge in [-0.1, -0.05) is 0 Å². The molecule has 7 heteroatoms. The van der Waals surface area contributed by atoms with Crippen molar-refractivity contribution in [2.75, 3.05) is 13.7 Å². The number of rotatable bonds is 4. The predicted molar refractivity (Wildman–Crippen MR) is 69.1 cm³/mol. The summed E-state index contributed by atoms with van der Waals surface area (Å²) in [7, 11) is 1.56. The van der Waals surface area contributed by atoms with Gasteiger partial charge in [-0.25, -0.2) is 9.78 Å². The maximum absolute atomic E-state index is 12.3. The first kappa shape index (κ1) is 14.0. The van der Waals surface area contributed by atoms with Crippen LogP contribution < -0.4 is 0 Å². The van der Waals surface area contributed by atoms with E-state index in [1.54, 1.807) is 12.5 Å². The molecule has 1 aliphatic rings. The van der Waals surface area contributed by atoms with E-state index in [2.05, 4.69) is 4.98 Å². The molecule has 19 heavy (non-hydrogen) atoms. The number of aliphatic carboxylic acids is 1. The van der Waals surface area contributed by atoms with Crippen LogP contribution in [0.5, 0.6) is 0 Å². The molecule has 104 valence electrons. The lowest BCUT2D eigenvalue weighted by atomic mass is 10.0. The van der Waals surface area contributed by atoms with E-state index in [1.165, 1.54) is 16.2 Å². The molecule has 1 amide bonds. The number of hydrogen-bond donors (Lipinski definition) is 1. The van der Waals surface area contributed by atoms with Crippen molar-refractivity contribution < 1.29 is 19.4 Å². The van der Waals surface area contributed by atoms with Gasteiger partial charge in [0.15, 0.2) is 0 Å². The highest BCUT2D eigenvalue weighted by Gasteiger charge is 2.33. The number of ether oxygens (including phenoxy) is 1. The van der Waals surface area contributed by atoms with Crippen LogP contribution in [0.4, 0.5) is 0 Å². The van der Waals surface area contributed by atoms with Crippen molar-refractivity contribution in [1.82, 2.24) is 9.88 Å². The van der Waals surface area contributed by atoms with Gasteiger partial charge in [0.25, 0.3) is 5.91 Å². The molecular weight excluding hydrogens is 268 g/mol. The van der Waals surface area contributed by atoms with Gasteiger partial charge in [-0.15, -0.1) is 11.3 Å². The molecule has 0 radical (unpaired) electrons. The SMILES string of the molecule is COCc1nc(C(=O)N2CCCC[C@H]2C(=O)O)cs1. The van der Waals surface area contributed by atoms with Gasteiger partial charge in [-0.05, 0) is 19.3 Å². The highest BCUT2D eigenvalue weighted by Crippen LogP contribution is 2.21. The Morgan fingerprint density at radius 1 is 1.58 bits per heavy atom. The van der Waals surface area contributed by atoms with Gasteiger partial charge in [0, 0.05) is 19.0 Å². The summed E-state index contributed by atoms with van der Waals surface area (Å²) in [4.78, 5) is 29.1. The Hall–Kier alpha value is -1.47. The first-order valence-corrected chi connectivity index (χ1v) is 6.98. The highest BCUT2D eigenvalue weighted by atomic mass is 32.1. The van der Waals surface area contributed by atoms with E-state index in [1.807, 2.05) is 0 Å². The van der Waals surface area contributed by atoms with Gasteiger partial charge < -0.3 is 14.7 Å². The molecule has 2 heterocycles. The third-order valence-electron chi connectivity index (χ3n) is 3.09. The van der Waals surface area contributed by atoms with Gasteiger partial charge in [-0.3, -0.25) is 4.79 Å². The topological polar surface area (TPSA) is 79.7 Å². The minimum absolute atomic E-state index is 0.300. The smallest absolute Gasteiger partial charge is 0.326 e. The van der Waals surface area contributed by atoms with Crippen molar-refractivity contribution >= 4 is 23.2 Å². The van der Waals surface area contributed by atoms with E-state index >= 15 is 0 Å². The molecule has 1 fully saturated rings. The molecule has 1 saturated heterocycles. The largest absolute Gasteiger partial charge is 0.480 e. The standard InChI is InChI=1S/C12H16N2O4S/c1-18-6-10-13-8(7-19-10)11(15)14-5-3-2-4-9(14)12(16)17/h7,9H,2-6H2,1H3,(H,16,17)/t9-/m0/s1. The summed E-state index contributed by atoms with van der Waals surface area (Å²) in [6.45, 7) is 0.841. The second-order valence-corrected chi connectivity index (χ2v) is 5.35. The molecule has 0 bridgehead atoms. The summed E-state index contributed by atoms with van der Waals surface area (Å²) in [5.41, 5.74) is 0.310. The van der Waals surface area contributed by atoms with Gasteiger partial charge in [-0.2, -0.15) is 0 Å². The lowest BCUT2D eigenvalue weighted by molar-refractivity contribution is -0.143. The summed E-state index contributed by atoms with van der Waals surface area (Å²) in [5.74, 6) is -1.24. The van der Waals surface area contributed by atoms with Crippen LogP contribution in [0, 0.1) is 0 Å². The Balaban J connectivity index is 2.14. The number of carboxylic acid groups (broad SMARTS) is 1. The number of thiazole rings is 1. The van der Waals surface area contributed by atoms with Gasteiger partial charge >= 0.3 is 5.97 Å². The lowest BCUT2D eigenvalue weighted by Crippen LogP contribution is -2.48. The number of piperidine rings is 1. The number of carboxylic acids is 1. The van der Waals surface area contributed by atoms with Crippen LogP contribution in [0.2, 0.25) is 0 Å². The Labute approximate surface area is 115 Å². The minimum atomic E-state index is -0.944. The molecule has 2 rings (SSSR count). The molecule has 0 saturated carbocycles. The fraction of sp³-hybridized carbons (Fsp3) is 0.583. The van der Waals surface area contributed by atoms with Crippen molar-refractivity contribution in [2.45, 2.75) is 31.9 Å². The average Bonchev–Trinajstić information content (AvgIpc) is 2.87. The van der Waals surface area contributed by atoms with E-state index in [-0.39, 0.29) is 5.91 Å². The van der Waals surface area contributed by atoms with Crippen LogP contribution in [0.25, 0.3) is 0 Å². The number of methoxy groups -OCH3 is 1. The third kappa shape index (κ3) is 3.10. The highest BCUT2D eigenvalue weighted by molar-refractivity contribution is 7.09. The predicted octanol–water partition coefficient (Wildman–Crippen LogP) is 1.37. The van der Waals surface area contributed by atoms with Gasteiger partial charge in [0.05, 0.1) is 6.61 Å². The van der Waals surface area contributed by atoms with Crippen molar-refractivity contribution in [3.05, 3.63) is 16.1 Å². The molecule has 1 atom stereocenters. The van der Waals surface area contributed by atoms with E-state index in [9.17, 15) is 9.59 Å². The van der Waals surface area contributed by atoms with Gasteiger partial charge in [0.2, 0.25) is 0 Å². The van der Waals surface area contributed by atoms with E-state index in [4.69, 9.17) is 9.84 Å². The number of carbonyl (C=O) groups excluding carboxylic acids is 1. The molecule has 1 aromatic heterocycles. The molecule has 0 spiro atoms. The molecule has 1 aromatic rings. The fourth-order valence-electron chi connectivity index (χ4n) is 2.18. The van der Waals surface area contributed by atoms with Crippen molar-refractivity contribution in [3.8, 4) is 0 Å². The lowest BCUT2D eigenvalue weighted by Gasteiger charge is -2.32. The quantitative estimate of drug-likeness (QED) is 0.903. The number of amides is 1. The zero-order valence-corrected chi connectivity index (χ0v) is 11.5. The van der Waals surface area contributed by atoms with E-state index in [0.717, 1.165) is 17.8 Å². The number of nitrogens with zero attached hydrogens (tertiary/aromatic N) is 2. The summed E-state index contributed by atoms with van der Waals surface area (Å²) in [5, 5.41) is 11.5. The van der Waals surface area contributed by atoms with E-state index < -0.39 is 12.0 Å². The molecule has 1 aliphatic heterocycles. The Morgan fingerprint density at radius 3 is 3.05 bits per heavy atom. The fourth-order valence-corrected chi connectivity index (χ4v) is 2.92. The molecule has 0 unspecified atom stereocenters. The molecule has 1 N–H and O–H groups in total.